The molecule has 0 fully saturated rings. The van der Waals surface area contributed by atoms with E-state index in [1.807, 2.05) is 29.9 Å². The van der Waals surface area contributed by atoms with E-state index in [2.05, 4.69) is 42.4 Å². The van der Waals surface area contributed by atoms with Crippen LogP contribution in [0.4, 0.5) is 0 Å². The Hall–Kier alpha value is -3.31. The molecule has 0 spiro atoms. The Morgan fingerprint density at radius 1 is 1.03 bits per heavy atom. The molecule has 0 bridgehead atoms. The van der Waals surface area contributed by atoms with E-state index in [-0.39, 0.29) is 23.6 Å². The Morgan fingerprint density at radius 2 is 1.71 bits per heavy atom. The van der Waals surface area contributed by atoms with Gasteiger partial charge in [-0.05, 0) is 52.3 Å². The minimum absolute atomic E-state index is 0.173. The maximum Gasteiger partial charge on any atom is 0.343 e. The van der Waals surface area contributed by atoms with Crippen molar-refractivity contribution in [1.29, 1.82) is 0 Å². The lowest BCUT2D eigenvalue weighted by atomic mass is 10.1. The molecule has 3 aromatic rings. The highest BCUT2D eigenvalue weighted by Gasteiger charge is 2.20. The van der Waals surface area contributed by atoms with E-state index in [0.717, 1.165) is 5.69 Å². The van der Waals surface area contributed by atoms with Gasteiger partial charge in [-0.15, -0.1) is 0 Å². The number of rotatable bonds is 9. The first-order valence-electron chi connectivity index (χ1n) is 10.2. The normalized spacial score (nSPS) is 10.8. The van der Waals surface area contributed by atoms with Crippen LogP contribution in [0.25, 0.3) is 0 Å². The standard InChI is InChI=1S/C24H23Br2N3O6/c1-29-7-5-6-17(29)12-21(30)28-27-13-15-8-16(25)11-18(26)22(15)35-24(31)14-9-19(32-2)23(34-4)20(10-14)33-3/h5-11,13H,12H2,1-4H3,(H,28,30). The third-order valence-corrected chi connectivity index (χ3v) is 5.97. The first kappa shape index (κ1) is 26.3. The molecule has 0 aliphatic carbocycles. The van der Waals surface area contributed by atoms with E-state index in [0.29, 0.717) is 31.8 Å². The number of carbonyl (C=O) groups is 2. The summed E-state index contributed by atoms with van der Waals surface area (Å²) in [7, 11) is 6.25. The highest BCUT2D eigenvalue weighted by molar-refractivity contribution is 9.11. The molecule has 9 nitrogen and oxygen atoms in total. The highest BCUT2D eigenvalue weighted by atomic mass is 79.9. The predicted molar refractivity (Wildman–Crippen MR) is 138 cm³/mol. The number of hydrogen-bond donors (Lipinski definition) is 1. The molecule has 0 atom stereocenters. The number of ether oxygens (including phenoxy) is 4. The van der Waals surface area contributed by atoms with Crippen LogP contribution in [0.2, 0.25) is 0 Å². The lowest BCUT2D eigenvalue weighted by Gasteiger charge is -2.15. The number of esters is 1. The fraction of sp³-hybridized carbons (Fsp3) is 0.208. The van der Waals surface area contributed by atoms with Crippen molar-refractivity contribution >= 4 is 50.0 Å². The molecule has 0 radical (unpaired) electrons. The highest BCUT2D eigenvalue weighted by Crippen LogP contribution is 2.39. The summed E-state index contributed by atoms with van der Waals surface area (Å²) >= 11 is 6.83. The van der Waals surface area contributed by atoms with Gasteiger partial charge in [0.2, 0.25) is 11.7 Å². The second kappa shape index (κ2) is 11.9. The van der Waals surface area contributed by atoms with E-state index >= 15 is 0 Å². The Bertz CT molecular complexity index is 1250. The van der Waals surface area contributed by atoms with E-state index in [9.17, 15) is 9.59 Å². The average Bonchev–Trinajstić information content (AvgIpc) is 3.23. The largest absolute Gasteiger partial charge is 0.493 e. The molecule has 0 saturated carbocycles. The minimum atomic E-state index is -0.658. The van der Waals surface area contributed by atoms with E-state index < -0.39 is 5.97 Å². The van der Waals surface area contributed by atoms with Crippen LogP contribution in [-0.4, -0.2) is 44.0 Å². The number of carbonyl (C=O) groups excluding carboxylic acids is 2. The Kier molecular flexibility index (Phi) is 8.94. The number of methoxy groups -OCH3 is 3. The Morgan fingerprint density at radius 3 is 2.29 bits per heavy atom. The zero-order chi connectivity index (χ0) is 25.5. The number of halogens is 2. The van der Waals surface area contributed by atoms with Gasteiger partial charge in [0.15, 0.2) is 17.2 Å². The van der Waals surface area contributed by atoms with Crippen LogP contribution in [0.5, 0.6) is 23.0 Å². The molecule has 0 unspecified atom stereocenters. The lowest BCUT2D eigenvalue weighted by Crippen LogP contribution is -2.21. The van der Waals surface area contributed by atoms with E-state index in [4.69, 9.17) is 18.9 Å². The summed E-state index contributed by atoms with van der Waals surface area (Å²) in [5.74, 6) is 0.262. The van der Waals surface area contributed by atoms with Crippen LogP contribution in [0, 0.1) is 0 Å². The summed E-state index contributed by atoms with van der Waals surface area (Å²) in [5.41, 5.74) is 3.98. The van der Waals surface area contributed by atoms with Gasteiger partial charge in [0.1, 0.15) is 0 Å². The molecule has 11 heteroatoms. The number of nitrogens with zero attached hydrogens (tertiary/aromatic N) is 2. The number of aryl methyl sites for hydroxylation is 1. The van der Waals surface area contributed by atoms with Crippen molar-refractivity contribution in [3.8, 4) is 23.0 Å². The van der Waals surface area contributed by atoms with Crippen LogP contribution in [0.15, 0.2) is 56.6 Å². The fourth-order valence-electron chi connectivity index (χ4n) is 3.19. The van der Waals surface area contributed by atoms with Crippen LogP contribution >= 0.6 is 31.9 Å². The van der Waals surface area contributed by atoms with Gasteiger partial charge in [-0.3, -0.25) is 4.79 Å². The van der Waals surface area contributed by atoms with Gasteiger partial charge in [0.05, 0.1) is 44.0 Å². The first-order valence-corrected chi connectivity index (χ1v) is 11.8. The van der Waals surface area contributed by atoms with Gasteiger partial charge in [-0.1, -0.05) is 15.9 Å². The molecule has 1 heterocycles. The number of benzene rings is 2. The van der Waals surface area contributed by atoms with Crippen molar-refractivity contribution in [2.45, 2.75) is 6.42 Å². The molecule has 0 aliphatic rings. The van der Waals surface area contributed by atoms with Crippen molar-refractivity contribution in [3.05, 3.63) is 68.4 Å². The fourth-order valence-corrected chi connectivity index (χ4v) is 4.53. The van der Waals surface area contributed by atoms with Crippen molar-refractivity contribution < 1.29 is 28.5 Å². The number of amides is 1. The molecule has 35 heavy (non-hydrogen) atoms. The summed E-state index contributed by atoms with van der Waals surface area (Å²) < 4.78 is 24.7. The summed E-state index contributed by atoms with van der Waals surface area (Å²) in [6.45, 7) is 0. The summed E-state index contributed by atoms with van der Waals surface area (Å²) in [6.07, 6.45) is 3.43. The second-order valence-electron chi connectivity index (χ2n) is 7.19. The molecule has 184 valence electrons. The Labute approximate surface area is 219 Å². The molecular weight excluding hydrogens is 586 g/mol. The van der Waals surface area contributed by atoms with Crippen molar-refractivity contribution in [1.82, 2.24) is 9.99 Å². The first-order chi connectivity index (χ1) is 16.8. The molecule has 0 aliphatic heterocycles. The maximum absolute atomic E-state index is 13.0. The Balaban J connectivity index is 1.83. The second-order valence-corrected chi connectivity index (χ2v) is 8.96. The molecule has 2 aromatic carbocycles. The third kappa shape index (κ3) is 6.43. The zero-order valence-electron chi connectivity index (χ0n) is 19.4. The van der Waals surface area contributed by atoms with Gasteiger partial charge in [-0.2, -0.15) is 5.10 Å². The van der Waals surface area contributed by atoms with E-state index in [1.165, 1.54) is 39.7 Å². The van der Waals surface area contributed by atoms with Crippen molar-refractivity contribution in [2.75, 3.05) is 21.3 Å². The molecule has 1 N–H and O–H groups in total. The topological polar surface area (TPSA) is 100 Å². The third-order valence-electron chi connectivity index (χ3n) is 4.92. The number of hydrazone groups is 1. The summed E-state index contributed by atoms with van der Waals surface area (Å²) in [4.78, 5) is 25.2. The van der Waals surface area contributed by atoms with Crippen LogP contribution < -0.4 is 24.4 Å². The van der Waals surface area contributed by atoms with Crippen molar-refractivity contribution in [3.63, 3.8) is 0 Å². The summed E-state index contributed by atoms with van der Waals surface area (Å²) in [6, 6.07) is 10.1. The maximum atomic E-state index is 13.0. The van der Waals surface area contributed by atoms with Gasteiger partial charge in [0, 0.05) is 29.0 Å². The number of nitrogens with one attached hydrogen (secondary N) is 1. The van der Waals surface area contributed by atoms with Crippen molar-refractivity contribution in [2.24, 2.45) is 12.1 Å². The van der Waals surface area contributed by atoms with Crippen LogP contribution in [-0.2, 0) is 18.3 Å². The van der Waals surface area contributed by atoms with E-state index in [1.54, 1.807) is 12.1 Å². The molecule has 0 saturated heterocycles. The smallest absolute Gasteiger partial charge is 0.343 e. The van der Waals surface area contributed by atoms with Gasteiger partial charge in [0.25, 0.3) is 0 Å². The molecule has 3 rings (SSSR count). The average molecular weight is 609 g/mol. The zero-order valence-corrected chi connectivity index (χ0v) is 22.6. The van der Waals surface area contributed by atoms with Crippen LogP contribution in [0.1, 0.15) is 21.6 Å². The number of hydrogen-bond acceptors (Lipinski definition) is 7. The molecule has 1 aromatic heterocycles. The number of aromatic nitrogens is 1. The van der Waals surface area contributed by atoms with Crippen LogP contribution in [0.3, 0.4) is 0 Å². The van der Waals surface area contributed by atoms with Gasteiger partial charge >= 0.3 is 5.97 Å². The lowest BCUT2D eigenvalue weighted by molar-refractivity contribution is -0.120. The molecule has 1 amide bonds. The molecular formula is C24H23Br2N3O6. The minimum Gasteiger partial charge on any atom is -0.493 e. The summed E-state index contributed by atoms with van der Waals surface area (Å²) in [5, 5.41) is 4.03. The quantitative estimate of drug-likeness (QED) is 0.166. The monoisotopic (exact) mass is 607 g/mol. The van der Waals surface area contributed by atoms with Gasteiger partial charge < -0.3 is 23.5 Å². The van der Waals surface area contributed by atoms with Gasteiger partial charge in [-0.25, -0.2) is 10.2 Å². The SMILES string of the molecule is COc1cc(C(=O)Oc2c(Br)cc(Br)cc2C=NNC(=O)Cc2cccn2C)cc(OC)c1OC. The predicted octanol–water partition coefficient (Wildman–Crippen LogP) is 4.49.